The van der Waals surface area contributed by atoms with Crippen LogP contribution in [-0.2, 0) is 16.6 Å². The molecule has 1 aromatic heterocycles. The summed E-state index contributed by atoms with van der Waals surface area (Å²) in [5, 5.41) is 11.3. The van der Waals surface area contributed by atoms with Crippen LogP contribution in [0.2, 0.25) is 0 Å². The number of carbonyl (C=O) groups is 2. The molecule has 0 bridgehead atoms. The first-order valence-electron chi connectivity index (χ1n) is 5.74. The molecule has 0 saturated carbocycles. The van der Waals surface area contributed by atoms with E-state index in [0.717, 1.165) is 0 Å². The summed E-state index contributed by atoms with van der Waals surface area (Å²) in [6, 6.07) is 1.74. The van der Waals surface area contributed by atoms with Gasteiger partial charge in [0.2, 0.25) is 0 Å². The van der Waals surface area contributed by atoms with Crippen molar-refractivity contribution in [2.24, 2.45) is 7.05 Å². The number of nitrogens with zero attached hydrogens (tertiary/aromatic N) is 1. The second-order valence-corrected chi connectivity index (χ2v) is 5.10. The number of hydrogen-bond donors (Lipinski definition) is 2. The van der Waals surface area contributed by atoms with E-state index in [-0.39, 0.29) is 5.70 Å². The summed E-state index contributed by atoms with van der Waals surface area (Å²) in [5.41, 5.74) is -0.239. The smallest absolute Gasteiger partial charge is 0.412 e. The summed E-state index contributed by atoms with van der Waals surface area (Å²) in [7, 11) is 1.82. The number of aromatic nitrogens is 1. The molecule has 1 aromatic rings. The molecule has 2 N–H and O–H groups in total. The van der Waals surface area contributed by atoms with Crippen molar-refractivity contribution < 1.29 is 19.4 Å². The molecule has 1 heterocycles. The van der Waals surface area contributed by atoms with Gasteiger partial charge >= 0.3 is 12.1 Å². The van der Waals surface area contributed by atoms with Gasteiger partial charge < -0.3 is 14.4 Å². The summed E-state index contributed by atoms with van der Waals surface area (Å²) in [6.07, 6.45) is 4.09. The fourth-order valence-electron chi connectivity index (χ4n) is 1.34. The third-order valence-corrected chi connectivity index (χ3v) is 2.03. The van der Waals surface area contributed by atoms with Crippen LogP contribution < -0.4 is 5.32 Å². The zero-order valence-electron chi connectivity index (χ0n) is 11.4. The van der Waals surface area contributed by atoms with Gasteiger partial charge in [-0.15, -0.1) is 0 Å². The molecule has 0 aliphatic carbocycles. The molecule has 0 aliphatic rings. The van der Waals surface area contributed by atoms with Crippen LogP contribution in [-0.4, -0.2) is 27.3 Å². The van der Waals surface area contributed by atoms with Gasteiger partial charge in [0, 0.05) is 19.4 Å². The number of nitrogens with one attached hydrogen (secondary N) is 1. The molecule has 0 spiro atoms. The lowest BCUT2D eigenvalue weighted by Crippen LogP contribution is -2.34. The predicted molar refractivity (Wildman–Crippen MR) is 70.4 cm³/mol. The van der Waals surface area contributed by atoms with Gasteiger partial charge in [-0.25, -0.2) is 9.59 Å². The first kappa shape index (κ1) is 14.8. The Kier molecular flexibility index (Phi) is 4.37. The van der Waals surface area contributed by atoms with Crippen molar-refractivity contribution in [3.8, 4) is 0 Å². The van der Waals surface area contributed by atoms with Gasteiger partial charge in [-0.05, 0) is 38.5 Å². The SMILES string of the molecule is Cn1ccc(C=C(NC(=O)OC(C)(C)C)C(=O)O)c1. The summed E-state index contributed by atoms with van der Waals surface area (Å²) in [6.45, 7) is 5.11. The van der Waals surface area contributed by atoms with Gasteiger partial charge in [0.25, 0.3) is 0 Å². The Morgan fingerprint density at radius 1 is 1.42 bits per heavy atom. The fraction of sp³-hybridized carbons (Fsp3) is 0.385. The van der Waals surface area contributed by atoms with Crippen LogP contribution in [0.5, 0.6) is 0 Å². The highest BCUT2D eigenvalue weighted by atomic mass is 16.6. The maximum atomic E-state index is 11.5. The van der Waals surface area contributed by atoms with E-state index in [1.165, 1.54) is 6.08 Å². The van der Waals surface area contributed by atoms with Gasteiger partial charge in [-0.2, -0.15) is 0 Å². The van der Waals surface area contributed by atoms with E-state index in [1.807, 2.05) is 7.05 Å². The van der Waals surface area contributed by atoms with Crippen LogP contribution in [0.25, 0.3) is 6.08 Å². The van der Waals surface area contributed by atoms with Crippen LogP contribution in [0.1, 0.15) is 26.3 Å². The Hall–Kier alpha value is -2.24. The van der Waals surface area contributed by atoms with Crippen molar-refractivity contribution in [3.05, 3.63) is 29.7 Å². The second-order valence-electron chi connectivity index (χ2n) is 5.10. The van der Waals surface area contributed by atoms with Crippen molar-refractivity contribution in [3.63, 3.8) is 0 Å². The molecule has 104 valence electrons. The highest BCUT2D eigenvalue weighted by molar-refractivity contribution is 5.95. The molecule has 6 nitrogen and oxygen atoms in total. The normalized spacial score (nSPS) is 12.1. The Morgan fingerprint density at radius 2 is 2.05 bits per heavy atom. The van der Waals surface area contributed by atoms with E-state index in [2.05, 4.69) is 5.32 Å². The van der Waals surface area contributed by atoms with E-state index in [0.29, 0.717) is 5.56 Å². The Bertz CT molecular complexity index is 509. The van der Waals surface area contributed by atoms with E-state index in [4.69, 9.17) is 9.84 Å². The highest BCUT2D eigenvalue weighted by Gasteiger charge is 2.19. The lowest BCUT2D eigenvalue weighted by atomic mass is 10.2. The average Bonchev–Trinajstić information content (AvgIpc) is 2.60. The van der Waals surface area contributed by atoms with Gasteiger partial charge in [0.1, 0.15) is 11.3 Å². The quantitative estimate of drug-likeness (QED) is 0.820. The molecule has 0 saturated heterocycles. The van der Waals surface area contributed by atoms with Crippen molar-refractivity contribution in [1.29, 1.82) is 0 Å². The van der Waals surface area contributed by atoms with Crippen LogP contribution in [0.3, 0.4) is 0 Å². The van der Waals surface area contributed by atoms with E-state index in [9.17, 15) is 9.59 Å². The van der Waals surface area contributed by atoms with E-state index < -0.39 is 17.7 Å². The third-order valence-electron chi connectivity index (χ3n) is 2.03. The van der Waals surface area contributed by atoms with Crippen molar-refractivity contribution in [2.75, 3.05) is 0 Å². The topological polar surface area (TPSA) is 80.6 Å². The zero-order valence-corrected chi connectivity index (χ0v) is 11.4. The molecule has 0 radical (unpaired) electrons. The third kappa shape index (κ3) is 5.29. The molecule has 0 aliphatic heterocycles. The summed E-state index contributed by atoms with van der Waals surface area (Å²) in [5.74, 6) is -1.23. The van der Waals surface area contributed by atoms with Gasteiger partial charge in [-0.1, -0.05) is 0 Å². The number of alkyl carbamates (subject to hydrolysis) is 1. The van der Waals surface area contributed by atoms with Crippen molar-refractivity contribution in [2.45, 2.75) is 26.4 Å². The van der Waals surface area contributed by atoms with E-state index in [1.54, 1.807) is 43.8 Å². The lowest BCUT2D eigenvalue weighted by molar-refractivity contribution is -0.133. The molecule has 1 rings (SSSR count). The maximum absolute atomic E-state index is 11.5. The lowest BCUT2D eigenvalue weighted by Gasteiger charge is -2.19. The zero-order chi connectivity index (χ0) is 14.6. The summed E-state index contributed by atoms with van der Waals surface area (Å²) >= 11 is 0. The largest absolute Gasteiger partial charge is 0.477 e. The van der Waals surface area contributed by atoms with Gasteiger partial charge in [-0.3, -0.25) is 5.32 Å². The standard InChI is InChI=1S/C13H18N2O4/c1-13(2,3)19-12(18)14-10(11(16)17)7-9-5-6-15(4)8-9/h5-8H,1-4H3,(H,14,18)(H,16,17). The highest BCUT2D eigenvalue weighted by Crippen LogP contribution is 2.09. The number of amides is 1. The minimum Gasteiger partial charge on any atom is -0.477 e. The number of carbonyl (C=O) groups excluding carboxylic acids is 1. The Labute approximate surface area is 111 Å². The van der Waals surface area contributed by atoms with Gasteiger partial charge in [0.15, 0.2) is 0 Å². The minimum atomic E-state index is -1.23. The molecule has 19 heavy (non-hydrogen) atoms. The van der Waals surface area contributed by atoms with Crippen LogP contribution in [0.15, 0.2) is 24.2 Å². The van der Waals surface area contributed by atoms with Crippen molar-refractivity contribution in [1.82, 2.24) is 9.88 Å². The van der Waals surface area contributed by atoms with Gasteiger partial charge in [0.05, 0.1) is 0 Å². The number of carboxylic acids is 1. The average molecular weight is 266 g/mol. The monoisotopic (exact) mass is 266 g/mol. The number of rotatable bonds is 3. The summed E-state index contributed by atoms with van der Waals surface area (Å²) in [4.78, 5) is 22.6. The fourth-order valence-corrected chi connectivity index (χ4v) is 1.34. The number of aryl methyl sites for hydroxylation is 1. The number of aliphatic carboxylic acids is 1. The molecular formula is C13H18N2O4. The van der Waals surface area contributed by atoms with Crippen molar-refractivity contribution >= 4 is 18.1 Å². The first-order valence-corrected chi connectivity index (χ1v) is 5.74. The predicted octanol–water partition coefficient (Wildman–Crippen LogP) is 1.98. The maximum Gasteiger partial charge on any atom is 0.412 e. The van der Waals surface area contributed by atoms with Crippen LogP contribution in [0, 0.1) is 0 Å². The molecule has 0 fully saturated rings. The number of ether oxygens (including phenoxy) is 1. The Balaban J connectivity index is 2.82. The molecule has 0 aromatic carbocycles. The van der Waals surface area contributed by atoms with E-state index >= 15 is 0 Å². The first-order chi connectivity index (χ1) is 8.67. The number of carboxylic acid groups (broad SMARTS) is 1. The summed E-state index contributed by atoms with van der Waals surface area (Å²) < 4.78 is 6.78. The van der Waals surface area contributed by atoms with Crippen LogP contribution >= 0.6 is 0 Å². The molecule has 0 unspecified atom stereocenters. The molecule has 6 heteroatoms. The number of hydrogen-bond acceptors (Lipinski definition) is 3. The molecular weight excluding hydrogens is 248 g/mol. The molecule has 1 amide bonds. The Morgan fingerprint density at radius 3 is 2.47 bits per heavy atom. The minimum absolute atomic E-state index is 0.236. The van der Waals surface area contributed by atoms with Crippen LogP contribution in [0.4, 0.5) is 4.79 Å². The molecule has 0 atom stereocenters. The second kappa shape index (κ2) is 5.60.